The van der Waals surface area contributed by atoms with Crippen LogP contribution in [0.15, 0.2) is 54.6 Å². The van der Waals surface area contributed by atoms with E-state index in [2.05, 4.69) is 0 Å². The number of halogens is 1. The molecule has 0 fully saturated rings. The van der Waals surface area contributed by atoms with Gasteiger partial charge < -0.3 is 15.6 Å². The largest absolute Gasteiger partial charge is 0.479 e. The summed E-state index contributed by atoms with van der Waals surface area (Å²) in [5.74, 6) is 0.521. The zero-order valence-electron chi connectivity index (χ0n) is 11.3. The van der Waals surface area contributed by atoms with Gasteiger partial charge in [0.25, 0.3) is 0 Å². The lowest BCUT2D eigenvalue weighted by Crippen LogP contribution is -2.46. The molecule has 106 valence electrons. The van der Waals surface area contributed by atoms with E-state index in [9.17, 15) is 5.11 Å². The van der Waals surface area contributed by atoms with E-state index in [-0.39, 0.29) is 6.54 Å². The van der Waals surface area contributed by atoms with Crippen LogP contribution in [0.2, 0.25) is 5.02 Å². The number of hydrogen-bond acceptors (Lipinski definition) is 3. The van der Waals surface area contributed by atoms with Gasteiger partial charge in [0.15, 0.2) is 5.60 Å². The van der Waals surface area contributed by atoms with E-state index >= 15 is 0 Å². The predicted octanol–water partition coefficient (Wildman–Crippen LogP) is 2.95. The van der Waals surface area contributed by atoms with Crippen molar-refractivity contribution in [3.63, 3.8) is 0 Å². The molecule has 0 aliphatic rings. The first-order valence-electron chi connectivity index (χ1n) is 6.45. The highest BCUT2D eigenvalue weighted by molar-refractivity contribution is 6.32. The molecule has 3 N–H and O–H groups in total. The van der Waals surface area contributed by atoms with Gasteiger partial charge in [-0.25, -0.2) is 0 Å². The quantitative estimate of drug-likeness (QED) is 0.890. The van der Waals surface area contributed by atoms with Crippen molar-refractivity contribution in [1.29, 1.82) is 0 Å². The van der Waals surface area contributed by atoms with E-state index in [0.717, 1.165) is 5.56 Å². The first-order valence-corrected chi connectivity index (χ1v) is 6.83. The third-order valence-corrected chi connectivity index (χ3v) is 3.68. The highest BCUT2D eigenvalue weighted by Gasteiger charge is 2.37. The minimum Gasteiger partial charge on any atom is -0.479 e. The summed E-state index contributed by atoms with van der Waals surface area (Å²) in [5, 5.41) is 10.8. The van der Waals surface area contributed by atoms with Gasteiger partial charge in [0.05, 0.1) is 5.02 Å². The Morgan fingerprint density at radius 2 is 1.75 bits per heavy atom. The summed E-state index contributed by atoms with van der Waals surface area (Å²) >= 11 is 6.13. The van der Waals surface area contributed by atoms with Crippen LogP contribution in [0.4, 0.5) is 0 Å². The molecule has 0 aliphatic heterocycles. The van der Waals surface area contributed by atoms with Crippen LogP contribution in [-0.4, -0.2) is 17.8 Å². The van der Waals surface area contributed by atoms with Crippen molar-refractivity contribution in [2.24, 2.45) is 5.73 Å². The molecular weight excluding hydrogens is 274 g/mol. The third-order valence-electron chi connectivity index (χ3n) is 3.36. The van der Waals surface area contributed by atoms with Gasteiger partial charge in [-0.3, -0.25) is 0 Å². The molecule has 0 bridgehead atoms. The number of ether oxygens (including phenoxy) is 1. The highest BCUT2D eigenvalue weighted by atomic mass is 35.5. The van der Waals surface area contributed by atoms with Gasteiger partial charge in [0.2, 0.25) is 0 Å². The summed E-state index contributed by atoms with van der Waals surface area (Å²) in [5.41, 5.74) is 5.51. The van der Waals surface area contributed by atoms with Gasteiger partial charge >= 0.3 is 0 Å². The van der Waals surface area contributed by atoms with Gasteiger partial charge in [-0.2, -0.15) is 0 Å². The number of benzene rings is 2. The fourth-order valence-electron chi connectivity index (χ4n) is 2.07. The Hall–Kier alpha value is -1.55. The normalized spacial score (nSPS) is 15.4. The van der Waals surface area contributed by atoms with Crippen LogP contribution in [0.5, 0.6) is 5.75 Å². The summed E-state index contributed by atoms with van der Waals surface area (Å²) < 4.78 is 6.01. The molecule has 2 aromatic carbocycles. The lowest BCUT2D eigenvalue weighted by Gasteiger charge is -2.35. The van der Waals surface area contributed by atoms with E-state index in [1.807, 2.05) is 49.4 Å². The maximum absolute atomic E-state index is 10.3. The summed E-state index contributed by atoms with van der Waals surface area (Å²) in [6.45, 7) is 1.90. The predicted molar refractivity (Wildman–Crippen MR) is 80.9 cm³/mol. The van der Waals surface area contributed by atoms with Crippen molar-refractivity contribution in [1.82, 2.24) is 0 Å². The van der Waals surface area contributed by atoms with E-state index in [0.29, 0.717) is 10.8 Å². The van der Waals surface area contributed by atoms with Gasteiger partial charge in [-0.05, 0) is 24.6 Å². The topological polar surface area (TPSA) is 55.5 Å². The molecule has 2 atom stereocenters. The SMILES string of the molecule is CC(Oc1ccccc1Cl)(c1ccccc1)C(O)CN. The molecule has 2 unspecified atom stereocenters. The van der Waals surface area contributed by atoms with Crippen molar-refractivity contribution in [3.8, 4) is 5.75 Å². The lowest BCUT2D eigenvalue weighted by atomic mass is 9.89. The molecule has 3 nitrogen and oxygen atoms in total. The monoisotopic (exact) mass is 291 g/mol. The van der Waals surface area contributed by atoms with E-state index in [1.54, 1.807) is 12.1 Å². The van der Waals surface area contributed by atoms with E-state index in [1.165, 1.54) is 0 Å². The molecule has 0 radical (unpaired) electrons. The van der Waals surface area contributed by atoms with Crippen molar-refractivity contribution in [2.45, 2.75) is 18.6 Å². The fourth-order valence-corrected chi connectivity index (χ4v) is 2.24. The molecule has 0 spiro atoms. The second-order valence-corrected chi connectivity index (χ2v) is 5.16. The van der Waals surface area contributed by atoms with Crippen LogP contribution in [0.1, 0.15) is 12.5 Å². The smallest absolute Gasteiger partial charge is 0.158 e. The Kier molecular flexibility index (Phi) is 4.65. The molecule has 0 saturated heterocycles. The standard InChI is InChI=1S/C16H18ClNO2/c1-16(15(19)11-18,12-7-3-2-4-8-12)20-14-10-6-5-9-13(14)17/h2-10,15,19H,11,18H2,1H3. The minimum atomic E-state index is -0.957. The van der Waals surface area contributed by atoms with Gasteiger partial charge in [-0.15, -0.1) is 0 Å². The van der Waals surface area contributed by atoms with Gasteiger partial charge in [0, 0.05) is 6.54 Å². The minimum absolute atomic E-state index is 0.0931. The van der Waals surface area contributed by atoms with Crippen LogP contribution in [-0.2, 0) is 5.60 Å². The van der Waals surface area contributed by atoms with E-state index < -0.39 is 11.7 Å². The Bertz CT molecular complexity index is 561. The van der Waals surface area contributed by atoms with Crippen LogP contribution in [0, 0.1) is 0 Å². The Morgan fingerprint density at radius 1 is 1.15 bits per heavy atom. The molecule has 0 aliphatic carbocycles. The average Bonchev–Trinajstić information content (AvgIpc) is 2.49. The molecule has 0 aromatic heterocycles. The number of aliphatic hydroxyl groups is 1. The van der Waals surface area contributed by atoms with Crippen molar-refractivity contribution in [2.75, 3.05) is 6.54 Å². The molecule has 4 heteroatoms. The van der Waals surface area contributed by atoms with Crippen LogP contribution in [0.25, 0.3) is 0 Å². The molecule has 0 heterocycles. The highest BCUT2D eigenvalue weighted by Crippen LogP contribution is 2.34. The lowest BCUT2D eigenvalue weighted by molar-refractivity contribution is -0.0409. The number of hydrogen-bond donors (Lipinski definition) is 2. The van der Waals surface area contributed by atoms with Crippen molar-refractivity contribution < 1.29 is 9.84 Å². The maximum Gasteiger partial charge on any atom is 0.158 e. The Morgan fingerprint density at radius 3 is 2.35 bits per heavy atom. The number of rotatable bonds is 5. The van der Waals surface area contributed by atoms with Crippen LogP contribution >= 0.6 is 11.6 Å². The fraction of sp³-hybridized carbons (Fsp3) is 0.250. The zero-order valence-corrected chi connectivity index (χ0v) is 12.0. The molecular formula is C16H18ClNO2. The Balaban J connectivity index is 2.41. The molecule has 2 rings (SSSR count). The molecule has 0 saturated carbocycles. The molecule has 20 heavy (non-hydrogen) atoms. The summed E-state index contributed by atoms with van der Waals surface area (Å²) in [4.78, 5) is 0. The van der Waals surface area contributed by atoms with Crippen molar-refractivity contribution in [3.05, 3.63) is 65.2 Å². The van der Waals surface area contributed by atoms with E-state index in [4.69, 9.17) is 22.1 Å². The summed E-state index contributed by atoms with van der Waals surface area (Å²) in [6.07, 6.45) is -0.846. The Labute approximate surface area is 123 Å². The second-order valence-electron chi connectivity index (χ2n) is 4.76. The average molecular weight is 292 g/mol. The first kappa shape index (κ1) is 14.9. The first-order chi connectivity index (χ1) is 9.58. The summed E-state index contributed by atoms with van der Waals surface area (Å²) in [7, 11) is 0. The number of nitrogens with two attached hydrogens (primary N) is 1. The maximum atomic E-state index is 10.3. The zero-order chi connectivity index (χ0) is 14.6. The number of para-hydroxylation sites is 1. The molecule has 2 aromatic rings. The summed E-state index contributed by atoms with van der Waals surface area (Å²) in [6, 6.07) is 16.7. The van der Waals surface area contributed by atoms with Gasteiger partial charge in [-0.1, -0.05) is 54.1 Å². The van der Waals surface area contributed by atoms with Gasteiger partial charge in [0.1, 0.15) is 11.9 Å². The number of aliphatic hydroxyl groups excluding tert-OH is 1. The van der Waals surface area contributed by atoms with Crippen LogP contribution in [0.3, 0.4) is 0 Å². The second kappa shape index (κ2) is 6.27. The van der Waals surface area contributed by atoms with Crippen molar-refractivity contribution >= 4 is 11.6 Å². The third kappa shape index (κ3) is 2.96. The van der Waals surface area contributed by atoms with Crippen LogP contribution < -0.4 is 10.5 Å². The molecule has 0 amide bonds.